The lowest BCUT2D eigenvalue weighted by molar-refractivity contribution is -0.152. The molecule has 5 heteroatoms. The molecule has 1 atom stereocenters. The second-order valence-corrected chi connectivity index (χ2v) is 4.34. The van der Waals surface area contributed by atoms with Gasteiger partial charge in [-0.25, -0.2) is 4.79 Å². The maximum Gasteiger partial charge on any atom is 0.348 e. The third kappa shape index (κ3) is 2.83. The van der Waals surface area contributed by atoms with Gasteiger partial charge in [0, 0.05) is 5.92 Å². The number of carbonyl (C=O) groups is 2. The van der Waals surface area contributed by atoms with Gasteiger partial charge in [-0.15, -0.1) is 0 Å². The van der Waals surface area contributed by atoms with Gasteiger partial charge in [-0.05, 0) is 19.8 Å². The maximum absolute atomic E-state index is 12.1. The van der Waals surface area contributed by atoms with Crippen molar-refractivity contribution < 1.29 is 14.3 Å². The third-order valence-corrected chi connectivity index (χ3v) is 3.14. The van der Waals surface area contributed by atoms with Gasteiger partial charge in [0.05, 0.1) is 6.61 Å². The summed E-state index contributed by atoms with van der Waals surface area (Å²) in [5.41, 5.74) is 3.49. The molecule has 0 spiro atoms. The minimum Gasteiger partial charge on any atom is -0.463 e. The summed E-state index contributed by atoms with van der Waals surface area (Å²) in [6, 6.07) is 1.61. The quantitative estimate of drug-likeness (QED) is 0.580. The van der Waals surface area contributed by atoms with Crippen LogP contribution in [0, 0.1) is 17.2 Å². The Balaban J connectivity index is 2.81. The molecule has 2 N–H and O–H groups in total. The Morgan fingerprint density at radius 3 is 2.47 bits per heavy atom. The SMILES string of the molecule is CCOC(=O)C(N)(C#N)C(=O)C1CCCCC1. The average molecular weight is 238 g/mol. The molecule has 1 saturated carbocycles. The van der Waals surface area contributed by atoms with Gasteiger partial charge in [-0.1, -0.05) is 19.3 Å². The lowest BCUT2D eigenvalue weighted by atomic mass is 9.79. The van der Waals surface area contributed by atoms with E-state index in [9.17, 15) is 9.59 Å². The van der Waals surface area contributed by atoms with Crippen LogP contribution in [0.5, 0.6) is 0 Å². The van der Waals surface area contributed by atoms with Gasteiger partial charge in [0.15, 0.2) is 5.78 Å². The van der Waals surface area contributed by atoms with Gasteiger partial charge in [0.2, 0.25) is 0 Å². The first kappa shape index (κ1) is 13.7. The summed E-state index contributed by atoms with van der Waals surface area (Å²) in [5.74, 6) is -1.70. The van der Waals surface area contributed by atoms with Crippen LogP contribution in [0.15, 0.2) is 0 Å². The molecule has 94 valence electrons. The molecule has 1 rings (SSSR count). The molecule has 0 radical (unpaired) electrons. The van der Waals surface area contributed by atoms with E-state index in [1.165, 1.54) is 0 Å². The smallest absolute Gasteiger partial charge is 0.348 e. The van der Waals surface area contributed by atoms with Gasteiger partial charge < -0.3 is 4.74 Å². The number of rotatable bonds is 4. The van der Waals surface area contributed by atoms with Gasteiger partial charge in [0.25, 0.3) is 5.54 Å². The van der Waals surface area contributed by atoms with Crippen LogP contribution in [-0.4, -0.2) is 23.9 Å². The number of ketones is 1. The number of carbonyl (C=O) groups excluding carboxylic acids is 2. The number of hydrogen-bond acceptors (Lipinski definition) is 5. The van der Waals surface area contributed by atoms with Crippen LogP contribution in [0.2, 0.25) is 0 Å². The lowest BCUT2D eigenvalue weighted by Gasteiger charge is -2.26. The molecule has 0 saturated heterocycles. The standard InChI is InChI=1S/C12H18N2O3/c1-2-17-11(16)12(14,8-13)10(15)9-6-4-3-5-7-9/h9H,2-7,14H2,1H3. The summed E-state index contributed by atoms with van der Waals surface area (Å²) in [4.78, 5) is 23.7. The van der Waals surface area contributed by atoms with Crippen LogP contribution in [0.3, 0.4) is 0 Å². The fourth-order valence-electron chi connectivity index (χ4n) is 2.13. The predicted octanol–water partition coefficient (Wildman–Crippen LogP) is 0.920. The Hall–Kier alpha value is -1.41. The maximum atomic E-state index is 12.1. The molecule has 1 fully saturated rings. The lowest BCUT2D eigenvalue weighted by Crippen LogP contribution is -2.57. The average Bonchev–Trinajstić information content (AvgIpc) is 2.38. The largest absolute Gasteiger partial charge is 0.463 e. The van der Waals surface area contributed by atoms with Crippen LogP contribution in [0.1, 0.15) is 39.0 Å². The summed E-state index contributed by atoms with van der Waals surface area (Å²) >= 11 is 0. The predicted molar refractivity (Wildman–Crippen MR) is 60.7 cm³/mol. The molecule has 0 bridgehead atoms. The zero-order valence-electron chi connectivity index (χ0n) is 10.1. The molecular formula is C12H18N2O3. The van der Waals surface area contributed by atoms with Crippen molar-refractivity contribution in [2.75, 3.05) is 6.61 Å². The molecule has 0 heterocycles. The van der Waals surface area contributed by atoms with Crippen molar-refractivity contribution in [2.45, 2.75) is 44.6 Å². The van der Waals surface area contributed by atoms with Crippen molar-refractivity contribution in [3.8, 4) is 6.07 Å². The second kappa shape index (κ2) is 5.78. The topological polar surface area (TPSA) is 93.2 Å². The Labute approximate surface area is 101 Å². The Bertz CT molecular complexity index is 342. The van der Waals surface area contributed by atoms with Crippen LogP contribution >= 0.6 is 0 Å². The van der Waals surface area contributed by atoms with E-state index in [0.717, 1.165) is 19.3 Å². The first-order chi connectivity index (χ1) is 8.06. The van der Waals surface area contributed by atoms with E-state index in [4.69, 9.17) is 15.7 Å². The molecular weight excluding hydrogens is 220 g/mol. The molecule has 1 aliphatic carbocycles. The molecule has 1 aliphatic rings. The number of ether oxygens (including phenoxy) is 1. The number of nitriles is 1. The van der Waals surface area contributed by atoms with Crippen LogP contribution in [-0.2, 0) is 14.3 Å². The normalized spacial score (nSPS) is 20.1. The molecule has 0 aromatic carbocycles. The molecule has 0 aliphatic heterocycles. The number of nitrogens with zero attached hydrogens (tertiary/aromatic N) is 1. The summed E-state index contributed by atoms with van der Waals surface area (Å²) in [7, 11) is 0. The van der Waals surface area contributed by atoms with Gasteiger partial charge >= 0.3 is 5.97 Å². The Morgan fingerprint density at radius 2 is 2.00 bits per heavy atom. The highest BCUT2D eigenvalue weighted by Crippen LogP contribution is 2.27. The third-order valence-electron chi connectivity index (χ3n) is 3.14. The number of Topliss-reactive ketones (excluding diaryl/α,β-unsaturated/α-hetero) is 1. The van der Waals surface area contributed by atoms with E-state index in [2.05, 4.69) is 0 Å². The summed E-state index contributed by atoms with van der Waals surface area (Å²) < 4.78 is 4.70. The van der Waals surface area contributed by atoms with Gasteiger partial charge in [-0.3, -0.25) is 10.5 Å². The van der Waals surface area contributed by atoms with Crippen molar-refractivity contribution in [3.63, 3.8) is 0 Å². The highest BCUT2D eigenvalue weighted by molar-refractivity contribution is 6.12. The Kier molecular flexibility index (Phi) is 4.64. The van der Waals surface area contributed by atoms with E-state index in [1.807, 2.05) is 0 Å². The van der Waals surface area contributed by atoms with Crippen molar-refractivity contribution in [3.05, 3.63) is 0 Å². The zero-order valence-corrected chi connectivity index (χ0v) is 10.1. The number of nitrogens with two attached hydrogens (primary N) is 1. The fraction of sp³-hybridized carbons (Fsp3) is 0.750. The minimum atomic E-state index is -2.13. The van der Waals surface area contributed by atoms with Crippen LogP contribution < -0.4 is 5.73 Å². The van der Waals surface area contributed by atoms with E-state index in [0.29, 0.717) is 12.8 Å². The summed E-state index contributed by atoms with van der Waals surface area (Å²) in [6.45, 7) is 1.72. The van der Waals surface area contributed by atoms with Crippen molar-refractivity contribution in [1.29, 1.82) is 5.26 Å². The van der Waals surface area contributed by atoms with E-state index >= 15 is 0 Å². The van der Waals surface area contributed by atoms with Crippen LogP contribution in [0.25, 0.3) is 0 Å². The van der Waals surface area contributed by atoms with Crippen molar-refractivity contribution in [2.24, 2.45) is 11.7 Å². The molecule has 0 aromatic heterocycles. The molecule has 17 heavy (non-hydrogen) atoms. The highest BCUT2D eigenvalue weighted by atomic mass is 16.5. The van der Waals surface area contributed by atoms with Crippen molar-refractivity contribution in [1.82, 2.24) is 0 Å². The first-order valence-corrected chi connectivity index (χ1v) is 5.98. The number of esters is 1. The minimum absolute atomic E-state index is 0.109. The molecule has 0 amide bonds. The molecule has 0 aromatic rings. The van der Waals surface area contributed by atoms with Crippen LogP contribution in [0.4, 0.5) is 0 Å². The Morgan fingerprint density at radius 1 is 1.41 bits per heavy atom. The molecule has 5 nitrogen and oxygen atoms in total. The van der Waals surface area contributed by atoms with Gasteiger partial charge in [0.1, 0.15) is 6.07 Å². The second-order valence-electron chi connectivity index (χ2n) is 4.34. The fourth-order valence-corrected chi connectivity index (χ4v) is 2.13. The monoisotopic (exact) mass is 238 g/mol. The zero-order chi connectivity index (χ0) is 12.9. The van der Waals surface area contributed by atoms with E-state index < -0.39 is 17.3 Å². The van der Waals surface area contributed by atoms with Crippen molar-refractivity contribution >= 4 is 11.8 Å². The highest BCUT2D eigenvalue weighted by Gasteiger charge is 2.47. The summed E-state index contributed by atoms with van der Waals surface area (Å²) in [6.07, 6.45) is 4.40. The first-order valence-electron chi connectivity index (χ1n) is 5.98. The van der Waals surface area contributed by atoms with E-state index in [-0.39, 0.29) is 12.5 Å². The summed E-state index contributed by atoms with van der Waals surface area (Å²) in [5, 5.41) is 8.99. The van der Waals surface area contributed by atoms with E-state index in [1.54, 1.807) is 13.0 Å². The van der Waals surface area contributed by atoms with Gasteiger partial charge in [-0.2, -0.15) is 5.26 Å². The molecule has 1 unspecified atom stereocenters. The number of hydrogen-bond donors (Lipinski definition) is 1.